The van der Waals surface area contributed by atoms with E-state index in [4.69, 9.17) is 0 Å². The van der Waals surface area contributed by atoms with Crippen molar-refractivity contribution in [3.8, 4) is 0 Å². The van der Waals surface area contributed by atoms with Crippen molar-refractivity contribution in [1.29, 1.82) is 0 Å². The Morgan fingerprint density at radius 3 is 2.48 bits per heavy atom. The third-order valence-electron chi connectivity index (χ3n) is 7.43. The predicted octanol–water partition coefficient (Wildman–Crippen LogP) is 3.64. The smallest absolute Gasteiger partial charge is 0.338 e. The minimum absolute atomic E-state index is 0.0122. The number of nitrogens with zero attached hydrogens (tertiary/aromatic N) is 2. The lowest BCUT2D eigenvalue weighted by molar-refractivity contribution is -0.145. The quantitative estimate of drug-likeness (QED) is 0.769. The number of fused-ring (bicyclic) bond motifs is 2. The molecule has 4 fully saturated rings. The Morgan fingerprint density at radius 1 is 1.10 bits per heavy atom. The molecule has 1 aromatic carbocycles. The molecule has 5 rings (SSSR count). The number of halogens is 3. The van der Waals surface area contributed by atoms with E-state index in [9.17, 15) is 22.8 Å². The van der Waals surface area contributed by atoms with Crippen molar-refractivity contribution >= 4 is 11.8 Å². The van der Waals surface area contributed by atoms with Gasteiger partial charge in [-0.1, -0.05) is 18.2 Å². The van der Waals surface area contributed by atoms with Crippen LogP contribution in [-0.2, 0) is 22.2 Å². The molecule has 2 amide bonds. The molecule has 0 radical (unpaired) electrons. The summed E-state index contributed by atoms with van der Waals surface area (Å²) in [5.41, 5.74) is -0.778. The highest BCUT2D eigenvalue weighted by atomic mass is 19.4. The summed E-state index contributed by atoms with van der Waals surface area (Å²) < 4.78 is 40.0. The summed E-state index contributed by atoms with van der Waals surface area (Å²) in [5, 5.41) is 0. The topological polar surface area (TPSA) is 40.6 Å². The lowest BCUT2D eigenvalue weighted by Gasteiger charge is -2.33. The zero-order valence-electron chi connectivity index (χ0n) is 16.3. The third-order valence-corrected chi connectivity index (χ3v) is 7.43. The van der Waals surface area contributed by atoms with Crippen LogP contribution in [0.2, 0.25) is 0 Å². The van der Waals surface area contributed by atoms with E-state index in [0.29, 0.717) is 18.9 Å². The Morgan fingerprint density at radius 2 is 1.86 bits per heavy atom. The monoisotopic (exact) mass is 406 g/mol. The van der Waals surface area contributed by atoms with E-state index in [1.165, 1.54) is 24.6 Å². The van der Waals surface area contributed by atoms with Crippen molar-refractivity contribution in [2.75, 3.05) is 13.1 Å². The summed E-state index contributed by atoms with van der Waals surface area (Å²) in [5.74, 6) is 0.217. The molecule has 4 nitrogen and oxygen atoms in total. The van der Waals surface area contributed by atoms with Crippen LogP contribution in [0, 0.1) is 11.3 Å². The average Bonchev–Trinajstić information content (AvgIpc) is 3.02. The van der Waals surface area contributed by atoms with E-state index in [-0.39, 0.29) is 35.3 Å². The molecule has 0 unspecified atom stereocenters. The van der Waals surface area contributed by atoms with E-state index in [1.54, 1.807) is 4.90 Å². The zero-order valence-corrected chi connectivity index (χ0v) is 16.3. The van der Waals surface area contributed by atoms with Gasteiger partial charge < -0.3 is 9.80 Å². The molecule has 2 aliphatic heterocycles. The summed E-state index contributed by atoms with van der Waals surface area (Å²) >= 11 is 0. The van der Waals surface area contributed by atoms with Crippen molar-refractivity contribution < 1.29 is 22.8 Å². The number of hydrogen-bond acceptors (Lipinski definition) is 2. The number of alkyl halides is 3. The summed E-state index contributed by atoms with van der Waals surface area (Å²) in [7, 11) is 0. The van der Waals surface area contributed by atoms with Crippen LogP contribution < -0.4 is 0 Å². The number of rotatable bonds is 3. The maximum atomic E-state index is 13.3. The van der Waals surface area contributed by atoms with Gasteiger partial charge in [0.15, 0.2) is 0 Å². The maximum absolute atomic E-state index is 13.3. The molecule has 29 heavy (non-hydrogen) atoms. The Balaban J connectivity index is 1.36. The highest BCUT2D eigenvalue weighted by Crippen LogP contribution is 2.55. The van der Waals surface area contributed by atoms with Crippen LogP contribution in [0.1, 0.15) is 49.7 Å². The molecule has 4 aliphatic rings. The Hall–Kier alpha value is -2.05. The largest absolute Gasteiger partial charge is 0.416 e. The number of carbonyl (C=O) groups is 2. The lowest BCUT2D eigenvalue weighted by Crippen LogP contribution is -2.50. The first-order chi connectivity index (χ1) is 13.8. The highest BCUT2D eigenvalue weighted by molar-refractivity contribution is 5.90. The molecule has 156 valence electrons. The van der Waals surface area contributed by atoms with Crippen LogP contribution in [0.25, 0.3) is 0 Å². The van der Waals surface area contributed by atoms with E-state index in [0.717, 1.165) is 38.3 Å². The molecule has 2 saturated heterocycles. The predicted molar refractivity (Wildman–Crippen MR) is 99.8 cm³/mol. The Bertz CT molecular complexity index is 849. The summed E-state index contributed by atoms with van der Waals surface area (Å²) in [6, 6.07) is 5.00. The van der Waals surface area contributed by atoms with Crippen LogP contribution in [0.15, 0.2) is 24.3 Å². The molecule has 2 saturated carbocycles. The Kier molecular flexibility index (Phi) is 4.23. The fraction of sp³-hybridized carbons (Fsp3) is 0.636. The van der Waals surface area contributed by atoms with Crippen molar-refractivity contribution in [2.45, 2.75) is 63.2 Å². The van der Waals surface area contributed by atoms with Gasteiger partial charge in [0.2, 0.25) is 11.8 Å². The molecule has 0 aromatic heterocycles. The Labute approximate surface area is 168 Å². The van der Waals surface area contributed by atoms with Gasteiger partial charge >= 0.3 is 6.18 Å². The summed E-state index contributed by atoms with van der Waals surface area (Å²) in [4.78, 5) is 29.9. The average molecular weight is 406 g/mol. The number of likely N-dealkylation sites (tertiary alicyclic amines) is 2. The second-order valence-electron chi connectivity index (χ2n) is 9.40. The second-order valence-corrected chi connectivity index (χ2v) is 9.40. The van der Waals surface area contributed by atoms with Crippen molar-refractivity contribution in [3.63, 3.8) is 0 Å². The molecule has 1 spiro atoms. The van der Waals surface area contributed by atoms with Gasteiger partial charge in [-0.15, -0.1) is 0 Å². The van der Waals surface area contributed by atoms with Gasteiger partial charge in [0.1, 0.15) is 6.04 Å². The van der Waals surface area contributed by atoms with Gasteiger partial charge in [-0.25, -0.2) is 0 Å². The van der Waals surface area contributed by atoms with E-state index < -0.39 is 17.8 Å². The third kappa shape index (κ3) is 3.32. The first-order valence-electron chi connectivity index (χ1n) is 10.5. The SMILES string of the molecule is O=C([C@@H]1CC2(CC2)CN1C(=O)Cc1ccccc1C(F)(F)F)N1C[C@@H]2CC[C@@H]1C2. The molecule has 2 aliphatic carbocycles. The maximum Gasteiger partial charge on any atom is 0.416 e. The van der Waals surface area contributed by atoms with Gasteiger partial charge in [-0.2, -0.15) is 13.2 Å². The summed E-state index contributed by atoms with van der Waals surface area (Å²) in [6.45, 7) is 1.27. The minimum Gasteiger partial charge on any atom is -0.338 e. The number of hydrogen-bond donors (Lipinski definition) is 0. The van der Waals surface area contributed by atoms with Crippen molar-refractivity contribution in [3.05, 3.63) is 35.4 Å². The van der Waals surface area contributed by atoms with Crippen molar-refractivity contribution in [2.24, 2.45) is 11.3 Å². The number of carbonyl (C=O) groups excluding carboxylic acids is 2. The fourth-order valence-electron chi connectivity index (χ4n) is 5.68. The molecule has 0 N–H and O–H groups in total. The molecule has 3 atom stereocenters. The van der Waals surface area contributed by atoms with Gasteiger partial charge in [0, 0.05) is 19.1 Å². The molecular weight excluding hydrogens is 381 g/mol. The van der Waals surface area contributed by atoms with Crippen LogP contribution in [-0.4, -0.2) is 46.8 Å². The van der Waals surface area contributed by atoms with Gasteiger partial charge in [-0.3, -0.25) is 9.59 Å². The number of benzene rings is 1. The van der Waals surface area contributed by atoms with Crippen LogP contribution in [0.5, 0.6) is 0 Å². The normalized spacial score (nSPS) is 29.7. The van der Waals surface area contributed by atoms with Gasteiger partial charge in [0.25, 0.3) is 0 Å². The molecular formula is C22H25F3N2O2. The number of piperidine rings is 1. The lowest BCUT2D eigenvalue weighted by atomic mass is 10.0. The van der Waals surface area contributed by atoms with E-state index >= 15 is 0 Å². The fourth-order valence-corrected chi connectivity index (χ4v) is 5.68. The number of amides is 2. The highest BCUT2D eigenvalue weighted by Gasteiger charge is 2.56. The van der Waals surface area contributed by atoms with Gasteiger partial charge in [0.05, 0.1) is 12.0 Å². The van der Waals surface area contributed by atoms with Crippen LogP contribution >= 0.6 is 0 Å². The van der Waals surface area contributed by atoms with Crippen LogP contribution in [0.3, 0.4) is 0 Å². The van der Waals surface area contributed by atoms with Gasteiger partial charge in [-0.05, 0) is 61.5 Å². The zero-order chi connectivity index (χ0) is 20.4. The van der Waals surface area contributed by atoms with E-state index in [1.807, 2.05) is 4.90 Å². The van der Waals surface area contributed by atoms with E-state index in [2.05, 4.69) is 0 Å². The first kappa shape index (κ1) is 18.9. The first-order valence-corrected chi connectivity index (χ1v) is 10.5. The van der Waals surface area contributed by atoms with Crippen molar-refractivity contribution in [1.82, 2.24) is 9.80 Å². The molecule has 7 heteroatoms. The minimum atomic E-state index is -4.50. The molecule has 2 heterocycles. The molecule has 1 aromatic rings. The molecule has 2 bridgehead atoms. The standard InChI is InChI=1S/C22H25F3N2O2/c23-22(24,25)17-4-2-1-3-15(17)10-19(28)27-13-21(7-8-21)11-18(27)20(29)26-12-14-5-6-16(26)9-14/h1-4,14,16,18H,5-13H2/t14-,16-,18+/m1/s1. The second kappa shape index (κ2) is 6.47. The summed E-state index contributed by atoms with van der Waals surface area (Å²) in [6.07, 6.45) is 1.08. The van der Waals surface area contributed by atoms with Crippen LogP contribution in [0.4, 0.5) is 13.2 Å².